The van der Waals surface area contributed by atoms with E-state index in [0.717, 1.165) is 42.8 Å². The van der Waals surface area contributed by atoms with Crippen LogP contribution in [0.5, 0.6) is 0 Å². The number of piperazine rings is 1. The second kappa shape index (κ2) is 6.32. The van der Waals surface area contributed by atoms with Crippen molar-refractivity contribution >= 4 is 20.9 Å². The summed E-state index contributed by atoms with van der Waals surface area (Å²) in [5.74, 6) is 0.700. The quantitative estimate of drug-likeness (QED) is 0.806. The second-order valence-corrected chi connectivity index (χ2v) is 10.5. The Balaban J connectivity index is 1.56. The van der Waals surface area contributed by atoms with E-state index >= 15 is 0 Å². The lowest BCUT2D eigenvalue weighted by atomic mass is 9.94. The summed E-state index contributed by atoms with van der Waals surface area (Å²) >= 11 is 0. The number of nitrogens with one attached hydrogen (secondary N) is 2. The summed E-state index contributed by atoms with van der Waals surface area (Å²) in [5, 5.41) is 3.70. The van der Waals surface area contributed by atoms with E-state index in [1.807, 2.05) is 0 Å². The molecule has 2 atom stereocenters. The van der Waals surface area contributed by atoms with E-state index in [4.69, 9.17) is 4.98 Å². The topological polar surface area (TPSA) is 78.1 Å². The van der Waals surface area contributed by atoms with Crippen LogP contribution in [0, 0.1) is 0 Å². The molecule has 142 valence electrons. The van der Waals surface area contributed by atoms with Gasteiger partial charge in [-0.15, -0.1) is 0 Å². The van der Waals surface area contributed by atoms with E-state index in [9.17, 15) is 8.42 Å². The smallest absolute Gasteiger partial charge is 0.147 e. The van der Waals surface area contributed by atoms with E-state index in [2.05, 4.69) is 47.4 Å². The minimum atomic E-state index is -2.89. The maximum Gasteiger partial charge on any atom is 0.147 e. The van der Waals surface area contributed by atoms with E-state index in [1.165, 1.54) is 11.8 Å². The third-order valence-electron chi connectivity index (χ3n) is 5.87. The highest BCUT2D eigenvalue weighted by Crippen LogP contribution is 2.40. The Morgan fingerprint density at radius 1 is 1.38 bits per heavy atom. The molecule has 2 aromatic rings. The number of pyridine rings is 1. The van der Waals surface area contributed by atoms with Crippen LogP contribution < -0.4 is 5.32 Å². The summed E-state index contributed by atoms with van der Waals surface area (Å²) in [4.78, 5) is 10.8. The molecular weight excluding hydrogens is 348 g/mol. The number of rotatable bonds is 6. The highest BCUT2D eigenvalue weighted by atomic mass is 32.2. The maximum absolute atomic E-state index is 11.4. The molecule has 0 aliphatic carbocycles. The molecule has 2 aliphatic rings. The van der Waals surface area contributed by atoms with Gasteiger partial charge in [0.15, 0.2) is 0 Å². The van der Waals surface area contributed by atoms with Crippen molar-refractivity contribution < 1.29 is 8.42 Å². The first-order valence-corrected chi connectivity index (χ1v) is 11.5. The second-order valence-electron chi connectivity index (χ2n) is 8.27. The van der Waals surface area contributed by atoms with Crippen molar-refractivity contribution in [3.8, 4) is 0 Å². The average Bonchev–Trinajstić information content (AvgIpc) is 3.26. The normalized spacial score (nSPS) is 26.4. The largest absolute Gasteiger partial charge is 0.360 e. The van der Waals surface area contributed by atoms with Gasteiger partial charge in [-0.05, 0) is 43.0 Å². The van der Waals surface area contributed by atoms with Crippen LogP contribution in [0.4, 0.5) is 0 Å². The molecule has 0 aromatic carbocycles. The number of aromatic amines is 1. The van der Waals surface area contributed by atoms with Gasteiger partial charge in [-0.1, -0.05) is 13.8 Å². The summed E-state index contributed by atoms with van der Waals surface area (Å²) in [6.07, 6.45) is 5.13. The highest BCUT2D eigenvalue weighted by Gasteiger charge is 2.51. The molecule has 0 saturated carbocycles. The van der Waals surface area contributed by atoms with E-state index in [0.29, 0.717) is 18.4 Å². The van der Waals surface area contributed by atoms with Crippen LogP contribution in [-0.2, 0) is 15.4 Å². The Labute approximate surface area is 155 Å². The molecule has 2 fully saturated rings. The maximum atomic E-state index is 11.4. The molecule has 2 aromatic heterocycles. The minimum absolute atomic E-state index is 0.102. The Kier molecular flexibility index (Phi) is 4.36. The van der Waals surface area contributed by atoms with E-state index in [-0.39, 0.29) is 11.3 Å². The molecule has 4 heterocycles. The number of hydrogen-bond acceptors (Lipinski definition) is 5. The zero-order valence-electron chi connectivity index (χ0n) is 15.7. The number of nitrogens with zero attached hydrogens (tertiary/aromatic N) is 2. The van der Waals surface area contributed by atoms with Crippen LogP contribution >= 0.6 is 0 Å². The SMILES string of the molecule is CC(C)c1c[nH]c2ccc(C34CC(CN3)N(CCCS(C)(=O)=O)C4)nc12. The van der Waals surface area contributed by atoms with Gasteiger partial charge < -0.3 is 10.3 Å². The molecule has 0 radical (unpaired) electrons. The van der Waals surface area contributed by atoms with Gasteiger partial charge in [-0.2, -0.15) is 0 Å². The summed E-state index contributed by atoms with van der Waals surface area (Å²) in [6, 6.07) is 4.75. The fourth-order valence-corrected chi connectivity index (χ4v) is 5.16. The molecule has 0 amide bonds. The van der Waals surface area contributed by atoms with Gasteiger partial charge in [-0.3, -0.25) is 4.90 Å². The zero-order chi connectivity index (χ0) is 18.5. The Hall–Kier alpha value is -1.44. The lowest BCUT2D eigenvalue weighted by Crippen LogP contribution is -2.50. The van der Waals surface area contributed by atoms with Crippen molar-refractivity contribution in [1.82, 2.24) is 20.2 Å². The Morgan fingerprint density at radius 2 is 2.19 bits per heavy atom. The number of fused-ring (bicyclic) bond motifs is 3. The van der Waals surface area contributed by atoms with E-state index < -0.39 is 9.84 Å². The minimum Gasteiger partial charge on any atom is -0.360 e. The zero-order valence-corrected chi connectivity index (χ0v) is 16.6. The van der Waals surface area contributed by atoms with Gasteiger partial charge >= 0.3 is 0 Å². The first-order valence-electron chi connectivity index (χ1n) is 9.43. The first kappa shape index (κ1) is 17.9. The van der Waals surface area contributed by atoms with Gasteiger partial charge in [0.2, 0.25) is 0 Å². The molecule has 7 heteroatoms. The number of aromatic nitrogens is 2. The molecule has 2 unspecified atom stereocenters. The fraction of sp³-hybridized carbons (Fsp3) is 0.632. The molecule has 6 nitrogen and oxygen atoms in total. The molecule has 4 rings (SSSR count). The van der Waals surface area contributed by atoms with Crippen molar-refractivity contribution in [3.05, 3.63) is 29.6 Å². The first-order chi connectivity index (χ1) is 12.3. The summed E-state index contributed by atoms with van der Waals surface area (Å²) in [5.41, 5.74) is 4.43. The molecule has 2 bridgehead atoms. The number of hydrogen-bond donors (Lipinski definition) is 2. The monoisotopic (exact) mass is 376 g/mol. The third kappa shape index (κ3) is 3.17. The van der Waals surface area contributed by atoms with Crippen molar-refractivity contribution in [2.75, 3.05) is 31.6 Å². The fourth-order valence-electron chi connectivity index (χ4n) is 4.51. The number of H-pyrrole nitrogens is 1. The molecule has 2 saturated heterocycles. The average molecular weight is 377 g/mol. The number of sulfone groups is 1. The molecule has 2 aliphatic heterocycles. The van der Waals surface area contributed by atoms with E-state index in [1.54, 1.807) is 0 Å². The van der Waals surface area contributed by atoms with Crippen LogP contribution in [0.15, 0.2) is 18.3 Å². The van der Waals surface area contributed by atoms with Crippen molar-refractivity contribution in [2.45, 2.75) is 44.2 Å². The summed E-state index contributed by atoms with van der Waals surface area (Å²) < 4.78 is 22.8. The molecular formula is C19H28N4O2S. The molecule has 2 N–H and O–H groups in total. The Bertz CT molecular complexity index is 921. The summed E-state index contributed by atoms with van der Waals surface area (Å²) in [7, 11) is -2.89. The van der Waals surface area contributed by atoms with Gasteiger partial charge in [0.05, 0.1) is 28.0 Å². The van der Waals surface area contributed by atoms with Gasteiger partial charge in [-0.25, -0.2) is 13.4 Å². The highest BCUT2D eigenvalue weighted by molar-refractivity contribution is 7.90. The van der Waals surface area contributed by atoms with Crippen LogP contribution in [0.1, 0.15) is 43.9 Å². The van der Waals surface area contributed by atoms with Crippen molar-refractivity contribution in [3.63, 3.8) is 0 Å². The lowest BCUT2D eigenvalue weighted by molar-refractivity contribution is 0.196. The molecule has 26 heavy (non-hydrogen) atoms. The molecule has 0 spiro atoms. The van der Waals surface area contributed by atoms with Gasteiger partial charge in [0.1, 0.15) is 9.84 Å². The van der Waals surface area contributed by atoms with Crippen LogP contribution in [0.2, 0.25) is 0 Å². The Morgan fingerprint density at radius 3 is 2.92 bits per heavy atom. The number of likely N-dealkylation sites (tertiary alicyclic amines) is 1. The van der Waals surface area contributed by atoms with Gasteiger partial charge in [0.25, 0.3) is 0 Å². The lowest BCUT2D eigenvalue weighted by Gasteiger charge is -2.33. The van der Waals surface area contributed by atoms with Crippen molar-refractivity contribution in [2.24, 2.45) is 0 Å². The predicted octanol–water partition coefficient (Wildman–Crippen LogP) is 1.99. The van der Waals surface area contributed by atoms with Crippen molar-refractivity contribution in [1.29, 1.82) is 0 Å². The van der Waals surface area contributed by atoms with Crippen LogP contribution in [0.3, 0.4) is 0 Å². The predicted molar refractivity (Wildman–Crippen MR) is 104 cm³/mol. The standard InChI is InChI=1S/C19H28N4O2S/c1-13(2)15-11-20-16-5-6-17(22-18(15)16)19-9-14(10-21-19)23(12-19)7-4-8-26(3,24)25/h5-6,11,13-14,20-21H,4,7-10,12H2,1-3H3. The summed E-state index contributed by atoms with van der Waals surface area (Å²) in [6.45, 7) is 7.07. The van der Waals surface area contributed by atoms with Crippen LogP contribution in [-0.4, -0.2) is 61.0 Å². The third-order valence-corrected chi connectivity index (χ3v) is 6.90. The van der Waals surface area contributed by atoms with Crippen LogP contribution in [0.25, 0.3) is 11.0 Å². The van der Waals surface area contributed by atoms with Gasteiger partial charge in [0, 0.05) is 31.6 Å².